The van der Waals surface area contributed by atoms with Crippen molar-refractivity contribution < 1.29 is 23.5 Å². The molecule has 0 radical (unpaired) electrons. The molecular weight excluding hydrogens is 401 g/mol. The number of benzene rings is 2. The van der Waals surface area contributed by atoms with Crippen LogP contribution >= 0.6 is 12.4 Å². The average Bonchev–Trinajstić information content (AvgIpc) is 2.70. The third-order valence-corrected chi connectivity index (χ3v) is 3.93. The molecule has 0 atom stereocenters. The Morgan fingerprint density at radius 1 is 1.10 bits per heavy atom. The summed E-state index contributed by atoms with van der Waals surface area (Å²) >= 11 is 0. The van der Waals surface area contributed by atoms with Gasteiger partial charge in [0.25, 0.3) is 5.91 Å². The first-order valence-corrected chi connectivity index (χ1v) is 8.70. The van der Waals surface area contributed by atoms with Crippen LogP contribution < -0.4 is 21.1 Å². The largest absolute Gasteiger partial charge is 0.494 e. The molecule has 0 unspecified atom stereocenters. The maximum atomic E-state index is 13.7. The maximum Gasteiger partial charge on any atom is 0.253 e. The molecule has 0 aliphatic carbocycles. The lowest BCUT2D eigenvalue weighted by Gasteiger charge is -2.11. The van der Waals surface area contributed by atoms with Crippen LogP contribution in [0.3, 0.4) is 0 Å². The molecule has 0 aliphatic rings. The van der Waals surface area contributed by atoms with Crippen LogP contribution in [0.25, 0.3) is 0 Å². The summed E-state index contributed by atoms with van der Waals surface area (Å²) in [7, 11) is 1.33. The van der Waals surface area contributed by atoms with Gasteiger partial charge in [-0.2, -0.15) is 0 Å². The van der Waals surface area contributed by atoms with E-state index in [-0.39, 0.29) is 48.3 Å². The summed E-state index contributed by atoms with van der Waals surface area (Å²) in [5.41, 5.74) is 6.16. The molecule has 2 aromatic rings. The molecule has 2 aromatic carbocycles. The van der Waals surface area contributed by atoms with Crippen molar-refractivity contribution in [3.63, 3.8) is 0 Å². The highest BCUT2D eigenvalue weighted by molar-refractivity contribution is 6.05. The highest BCUT2D eigenvalue weighted by Crippen LogP contribution is 2.19. The minimum Gasteiger partial charge on any atom is -0.494 e. The first-order chi connectivity index (χ1) is 13.5. The Labute approximate surface area is 174 Å². The number of carbonyl (C=O) groups excluding carboxylic acids is 3. The highest BCUT2D eigenvalue weighted by atomic mass is 35.5. The van der Waals surface area contributed by atoms with E-state index in [0.717, 1.165) is 6.07 Å². The van der Waals surface area contributed by atoms with Crippen molar-refractivity contribution in [1.29, 1.82) is 0 Å². The Morgan fingerprint density at radius 3 is 2.48 bits per heavy atom. The lowest BCUT2D eigenvalue weighted by Crippen LogP contribution is -2.30. The molecule has 0 aromatic heterocycles. The minimum atomic E-state index is -0.643. The molecule has 4 N–H and O–H groups in total. The number of Topliss-reactive ketones (excluding diaryl/α,β-unsaturated/α-hetero) is 1. The summed E-state index contributed by atoms with van der Waals surface area (Å²) in [6.07, 6.45) is -0.204. The second kappa shape index (κ2) is 11.8. The molecule has 0 heterocycles. The molecular formula is C20H23ClFN3O4. The van der Waals surface area contributed by atoms with Crippen LogP contribution in [0.5, 0.6) is 5.75 Å². The second-order valence-corrected chi connectivity index (χ2v) is 5.91. The predicted molar refractivity (Wildman–Crippen MR) is 110 cm³/mol. The number of nitrogens with two attached hydrogens (primary N) is 1. The number of nitrogens with one attached hydrogen (secondary N) is 2. The van der Waals surface area contributed by atoms with Gasteiger partial charge >= 0.3 is 0 Å². The van der Waals surface area contributed by atoms with Gasteiger partial charge in [-0.15, -0.1) is 12.4 Å². The van der Waals surface area contributed by atoms with E-state index in [9.17, 15) is 18.8 Å². The summed E-state index contributed by atoms with van der Waals surface area (Å²) in [5, 5.41) is 5.26. The summed E-state index contributed by atoms with van der Waals surface area (Å²) in [4.78, 5) is 36.5. The van der Waals surface area contributed by atoms with Gasteiger partial charge < -0.3 is 21.1 Å². The number of ether oxygens (including phenoxy) is 1. The Balaban J connectivity index is 0.00000420. The van der Waals surface area contributed by atoms with Crippen LogP contribution in [0.1, 0.15) is 33.6 Å². The fraction of sp³-hybridized carbons (Fsp3) is 0.250. The van der Waals surface area contributed by atoms with Gasteiger partial charge in [-0.05, 0) is 30.3 Å². The van der Waals surface area contributed by atoms with Crippen molar-refractivity contribution in [3.05, 3.63) is 59.4 Å². The molecule has 0 saturated carbocycles. The molecule has 2 amide bonds. The minimum absolute atomic E-state index is 0. The van der Waals surface area contributed by atoms with Crippen molar-refractivity contribution in [2.24, 2.45) is 5.73 Å². The van der Waals surface area contributed by atoms with Gasteiger partial charge in [0.15, 0.2) is 17.3 Å². The van der Waals surface area contributed by atoms with Gasteiger partial charge in [0.2, 0.25) is 5.91 Å². The fourth-order valence-electron chi connectivity index (χ4n) is 2.49. The van der Waals surface area contributed by atoms with Crippen molar-refractivity contribution in [2.45, 2.75) is 12.8 Å². The van der Waals surface area contributed by atoms with Crippen LogP contribution in [0.4, 0.5) is 10.1 Å². The van der Waals surface area contributed by atoms with Gasteiger partial charge in [0, 0.05) is 31.5 Å². The van der Waals surface area contributed by atoms with E-state index in [4.69, 9.17) is 10.5 Å². The first-order valence-electron chi connectivity index (χ1n) is 8.70. The Bertz CT molecular complexity index is 877. The van der Waals surface area contributed by atoms with E-state index in [1.165, 1.54) is 19.2 Å². The summed E-state index contributed by atoms with van der Waals surface area (Å²) < 4.78 is 18.5. The average molecular weight is 424 g/mol. The number of rotatable bonds is 9. The van der Waals surface area contributed by atoms with E-state index in [0.29, 0.717) is 24.3 Å². The Kier molecular flexibility index (Phi) is 9.78. The van der Waals surface area contributed by atoms with Crippen LogP contribution in [-0.2, 0) is 4.79 Å². The zero-order valence-corrected chi connectivity index (χ0v) is 16.7. The van der Waals surface area contributed by atoms with Gasteiger partial charge in [0.1, 0.15) is 0 Å². The van der Waals surface area contributed by atoms with Crippen LogP contribution in [0.2, 0.25) is 0 Å². The normalized spacial score (nSPS) is 9.90. The molecule has 0 aliphatic heterocycles. The SMILES string of the molecule is COc1ccc(C(=O)CCC(=O)Nc2ccccc2C(=O)NCCN)cc1F.Cl. The quantitative estimate of drug-likeness (QED) is 0.537. The summed E-state index contributed by atoms with van der Waals surface area (Å²) in [6.45, 7) is 0.613. The van der Waals surface area contributed by atoms with Crippen LogP contribution in [0, 0.1) is 5.82 Å². The third-order valence-electron chi connectivity index (χ3n) is 3.93. The standard InChI is InChI=1S/C20H22FN3O4.ClH/c1-28-18-8-6-13(12-15(18)21)17(25)7-9-19(26)24-16-5-3-2-4-14(16)20(27)23-11-10-22;/h2-6,8,12H,7,9-11,22H2,1H3,(H,23,27)(H,24,26);1H. The summed E-state index contributed by atoms with van der Waals surface area (Å²) in [5.74, 6) is -1.76. The molecule has 0 saturated heterocycles. The lowest BCUT2D eigenvalue weighted by atomic mass is 10.1. The molecule has 29 heavy (non-hydrogen) atoms. The van der Waals surface area contributed by atoms with E-state index in [2.05, 4.69) is 10.6 Å². The molecule has 7 nitrogen and oxygen atoms in total. The van der Waals surface area contributed by atoms with Gasteiger partial charge in [-0.3, -0.25) is 14.4 Å². The maximum absolute atomic E-state index is 13.7. The molecule has 0 fully saturated rings. The van der Waals surface area contributed by atoms with Crippen molar-refractivity contribution in [1.82, 2.24) is 5.32 Å². The number of hydrogen-bond acceptors (Lipinski definition) is 5. The van der Waals surface area contributed by atoms with Crippen LogP contribution in [0.15, 0.2) is 42.5 Å². The molecule has 0 spiro atoms. The van der Waals surface area contributed by atoms with Gasteiger partial charge in [0.05, 0.1) is 18.4 Å². The number of carbonyl (C=O) groups is 3. The molecule has 0 bridgehead atoms. The number of para-hydroxylation sites is 1. The molecule has 9 heteroatoms. The van der Waals surface area contributed by atoms with Crippen molar-refractivity contribution in [2.75, 3.05) is 25.5 Å². The number of ketones is 1. The van der Waals surface area contributed by atoms with Gasteiger partial charge in [-0.1, -0.05) is 12.1 Å². The van der Waals surface area contributed by atoms with Crippen molar-refractivity contribution >= 4 is 35.7 Å². The van der Waals surface area contributed by atoms with E-state index < -0.39 is 11.7 Å². The Hall–Kier alpha value is -2.97. The third kappa shape index (κ3) is 6.85. The van der Waals surface area contributed by atoms with Crippen molar-refractivity contribution in [3.8, 4) is 5.75 Å². The van der Waals surface area contributed by atoms with E-state index >= 15 is 0 Å². The number of anilines is 1. The predicted octanol–water partition coefficient (Wildman–Crippen LogP) is 2.55. The lowest BCUT2D eigenvalue weighted by molar-refractivity contribution is -0.116. The smallest absolute Gasteiger partial charge is 0.253 e. The second-order valence-electron chi connectivity index (χ2n) is 5.91. The number of halogens is 2. The van der Waals surface area contributed by atoms with E-state index in [1.54, 1.807) is 24.3 Å². The first kappa shape index (κ1) is 24.1. The number of amides is 2. The van der Waals surface area contributed by atoms with Gasteiger partial charge in [-0.25, -0.2) is 4.39 Å². The van der Waals surface area contributed by atoms with Crippen LogP contribution in [-0.4, -0.2) is 37.8 Å². The summed E-state index contributed by atoms with van der Waals surface area (Å²) in [6, 6.07) is 10.4. The zero-order valence-electron chi connectivity index (χ0n) is 15.9. The number of hydrogen-bond donors (Lipinski definition) is 3. The zero-order chi connectivity index (χ0) is 20.5. The molecule has 2 rings (SSSR count). The fourth-order valence-corrected chi connectivity index (χ4v) is 2.49. The highest BCUT2D eigenvalue weighted by Gasteiger charge is 2.15. The number of methoxy groups -OCH3 is 1. The Morgan fingerprint density at radius 2 is 1.83 bits per heavy atom. The topological polar surface area (TPSA) is 111 Å². The monoisotopic (exact) mass is 423 g/mol. The molecule has 156 valence electrons. The van der Waals surface area contributed by atoms with E-state index in [1.807, 2.05) is 0 Å².